The first kappa shape index (κ1) is 19.0. The topological polar surface area (TPSA) is 3.24 Å². The van der Waals surface area contributed by atoms with Gasteiger partial charge in [0, 0.05) is 23.3 Å². The van der Waals surface area contributed by atoms with Crippen molar-refractivity contribution < 1.29 is 0 Å². The third kappa shape index (κ3) is 4.49. The zero-order valence-electron chi connectivity index (χ0n) is 16.8. The second-order valence-electron chi connectivity index (χ2n) is 7.44. The molecule has 0 spiro atoms. The second kappa shape index (κ2) is 8.73. The number of hydrogen-bond donors (Lipinski definition) is 0. The lowest BCUT2D eigenvalue weighted by molar-refractivity contribution is 0.609. The lowest BCUT2D eigenvalue weighted by atomic mass is 9.96. The van der Waals surface area contributed by atoms with Crippen LogP contribution in [0.1, 0.15) is 38.8 Å². The predicted molar refractivity (Wildman–Crippen MR) is 120 cm³/mol. The standard InChI is InChI=1S/C26H29N/c1-20(2)27(21(3)4)26-17-11-10-16-25(26)24-15-9-8-14-23(24)19-18-22-12-6-5-7-13-22/h5-21H,1-4H3. The molecule has 1 heteroatoms. The van der Waals surface area contributed by atoms with Gasteiger partial charge in [0.25, 0.3) is 0 Å². The maximum Gasteiger partial charge on any atom is 0.0450 e. The summed E-state index contributed by atoms with van der Waals surface area (Å²) in [4.78, 5) is 2.49. The smallest absolute Gasteiger partial charge is 0.0450 e. The van der Waals surface area contributed by atoms with E-state index >= 15 is 0 Å². The molecule has 0 atom stereocenters. The summed E-state index contributed by atoms with van der Waals surface area (Å²) in [6.45, 7) is 9.05. The first-order valence-corrected chi connectivity index (χ1v) is 9.78. The molecule has 0 unspecified atom stereocenters. The van der Waals surface area contributed by atoms with Crippen LogP contribution in [-0.4, -0.2) is 12.1 Å². The van der Waals surface area contributed by atoms with E-state index in [1.807, 2.05) is 6.07 Å². The van der Waals surface area contributed by atoms with Crippen LogP contribution in [0.5, 0.6) is 0 Å². The second-order valence-corrected chi connectivity index (χ2v) is 7.44. The molecule has 3 rings (SSSR count). The third-order valence-electron chi connectivity index (χ3n) is 4.80. The molecule has 0 radical (unpaired) electrons. The molecule has 3 aromatic carbocycles. The molecule has 0 saturated heterocycles. The first-order chi connectivity index (χ1) is 13.1. The molecule has 0 aromatic heterocycles. The minimum atomic E-state index is 0.443. The average molecular weight is 356 g/mol. The molecule has 0 amide bonds. The average Bonchev–Trinajstić information content (AvgIpc) is 2.67. The highest BCUT2D eigenvalue weighted by Gasteiger charge is 2.18. The van der Waals surface area contributed by atoms with Gasteiger partial charge >= 0.3 is 0 Å². The summed E-state index contributed by atoms with van der Waals surface area (Å²) in [5.74, 6) is 0. The van der Waals surface area contributed by atoms with Gasteiger partial charge in [-0.25, -0.2) is 0 Å². The van der Waals surface area contributed by atoms with E-state index in [-0.39, 0.29) is 0 Å². The molecule has 3 aromatic rings. The number of nitrogens with zero attached hydrogens (tertiary/aromatic N) is 1. The zero-order valence-corrected chi connectivity index (χ0v) is 16.8. The van der Waals surface area contributed by atoms with Crippen molar-refractivity contribution in [2.75, 3.05) is 4.90 Å². The number of hydrogen-bond acceptors (Lipinski definition) is 1. The van der Waals surface area contributed by atoms with E-state index in [0.717, 1.165) is 0 Å². The summed E-state index contributed by atoms with van der Waals surface area (Å²) in [5, 5.41) is 0. The van der Waals surface area contributed by atoms with Crippen LogP contribution >= 0.6 is 0 Å². The Kier molecular flexibility index (Phi) is 6.13. The number of benzene rings is 3. The molecule has 27 heavy (non-hydrogen) atoms. The molecular weight excluding hydrogens is 326 g/mol. The molecule has 138 valence electrons. The zero-order chi connectivity index (χ0) is 19.2. The summed E-state index contributed by atoms with van der Waals surface area (Å²) in [7, 11) is 0. The Morgan fingerprint density at radius 1 is 0.593 bits per heavy atom. The lowest BCUT2D eigenvalue weighted by Gasteiger charge is -2.35. The largest absolute Gasteiger partial charge is 0.366 e. The Morgan fingerprint density at radius 3 is 1.81 bits per heavy atom. The highest BCUT2D eigenvalue weighted by atomic mass is 15.2. The normalized spacial score (nSPS) is 11.5. The molecule has 0 heterocycles. The van der Waals surface area contributed by atoms with E-state index in [1.54, 1.807) is 0 Å². The molecule has 0 fully saturated rings. The van der Waals surface area contributed by atoms with Crippen molar-refractivity contribution in [2.45, 2.75) is 39.8 Å². The Morgan fingerprint density at radius 2 is 1.15 bits per heavy atom. The van der Waals surface area contributed by atoms with Gasteiger partial charge in [-0.2, -0.15) is 0 Å². The minimum Gasteiger partial charge on any atom is -0.366 e. The van der Waals surface area contributed by atoms with Crippen LogP contribution in [0.3, 0.4) is 0 Å². The molecular formula is C26H29N. The van der Waals surface area contributed by atoms with Crippen LogP contribution < -0.4 is 4.90 Å². The van der Waals surface area contributed by atoms with Crippen molar-refractivity contribution in [1.82, 2.24) is 0 Å². The third-order valence-corrected chi connectivity index (χ3v) is 4.80. The van der Waals surface area contributed by atoms with Gasteiger partial charge in [-0.15, -0.1) is 0 Å². The summed E-state index contributed by atoms with van der Waals surface area (Å²) in [6.07, 6.45) is 4.40. The van der Waals surface area contributed by atoms with Crippen LogP contribution in [0.4, 0.5) is 5.69 Å². The number of rotatable bonds is 6. The van der Waals surface area contributed by atoms with Gasteiger partial charge in [0.2, 0.25) is 0 Å². The van der Waals surface area contributed by atoms with Crippen molar-refractivity contribution in [3.05, 3.63) is 90.0 Å². The molecule has 0 saturated carbocycles. The van der Waals surface area contributed by atoms with Crippen molar-refractivity contribution in [3.63, 3.8) is 0 Å². The van der Waals surface area contributed by atoms with Crippen LogP contribution in [0.15, 0.2) is 78.9 Å². The SMILES string of the molecule is CC(C)N(c1ccccc1-c1ccccc1C=Cc1ccccc1)C(C)C. The van der Waals surface area contributed by atoms with E-state index in [0.29, 0.717) is 12.1 Å². The Hall–Kier alpha value is -2.80. The highest BCUT2D eigenvalue weighted by Crippen LogP contribution is 2.35. The predicted octanol–water partition coefficient (Wildman–Crippen LogP) is 7.15. The van der Waals surface area contributed by atoms with E-state index in [2.05, 4.69) is 118 Å². The lowest BCUT2D eigenvalue weighted by Crippen LogP contribution is -2.37. The molecule has 0 aliphatic carbocycles. The Bertz CT molecular complexity index is 883. The first-order valence-electron chi connectivity index (χ1n) is 9.78. The summed E-state index contributed by atoms with van der Waals surface area (Å²) in [6, 6.07) is 28.8. The van der Waals surface area contributed by atoms with Gasteiger partial charge in [0.15, 0.2) is 0 Å². The van der Waals surface area contributed by atoms with Crippen molar-refractivity contribution in [3.8, 4) is 11.1 Å². The van der Waals surface area contributed by atoms with Gasteiger partial charge in [0.05, 0.1) is 0 Å². The van der Waals surface area contributed by atoms with Gasteiger partial charge in [-0.05, 0) is 50.5 Å². The van der Waals surface area contributed by atoms with Crippen molar-refractivity contribution in [1.29, 1.82) is 0 Å². The minimum absolute atomic E-state index is 0.443. The monoisotopic (exact) mass is 355 g/mol. The van der Waals surface area contributed by atoms with Crippen LogP contribution in [-0.2, 0) is 0 Å². The quantitative estimate of drug-likeness (QED) is 0.424. The van der Waals surface area contributed by atoms with Gasteiger partial charge in [-0.1, -0.05) is 84.9 Å². The van der Waals surface area contributed by atoms with Crippen LogP contribution in [0, 0.1) is 0 Å². The number of anilines is 1. The van der Waals surface area contributed by atoms with E-state index < -0.39 is 0 Å². The Labute approximate surface area is 164 Å². The maximum atomic E-state index is 2.49. The van der Waals surface area contributed by atoms with Gasteiger partial charge in [-0.3, -0.25) is 0 Å². The highest BCUT2D eigenvalue weighted by molar-refractivity contribution is 5.87. The fourth-order valence-corrected chi connectivity index (χ4v) is 3.72. The summed E-state index contributed by atoms with van der Waals surface area (Å²) in [5.41, 5.74) is 6.30. The van der Waals surface area contributed by atoms with Crippen LogP contribution in [0.2, 0.25) is 0 Å². The molecule has 0 aliphatic heterocycles. The van der Waals surface area contributed by atoms with E-state index in [1.165, 1.54) is 27.9 Å². The molecule has 1 nitrogen and oxygen atoms in total. The fourth-order valence-electron chi connectivity index (χ4n) is 3.72. The van der Waals surface area contributed by atoms with Gasteiger partial charge in [0.1, 0.15) is 0 Å². The summed E-state index contributed by atoms with van der Waals surface area (Å²) < 4.78 is 0. The maximum absolute atomic E-state index is 2.49. The van der Waals surface area contributed by atoms with E-state index in [4.69, 9.17) is 0 Å². The van der Waals surface area contributed by atoms with Crippen molar-refractivity contribution in [2.24, 2.45) is 0 Å². The van der Waals surface area contributed by atoms with Crippen molar-refractivity contribution >= 4 is 17.8 Å². The van der Waals surface area contributed by atoms with E-state index in [9.17, 15) is 0 Å². The summed E-state index contributed by atoms with van der Waals surface area (Å²) >= 11 is 0. The fraction of sp³-hybridized carbons (Fsp3) is 0.231. The number of para-hydroxylation sites is 1. The molecule has 0 aliphatic rings. The van der Waals surface area contributed by atoms with Gasteiger partial charge < -0.3 is 4.90 Å². The molecule has 0 bridgehead atoms. The molecule has 0 N–H and O–H groups in total. The van der Waals surface area contributed by atoms with Crippen LogP contribution in [0.25, 0.3) is 23.3 Å². The Balaban J connectivity index is 2.07.